The number of nitrogens with one attached hydrogen (secondary N) is 10. The summed E-state index contributed by atoms with van der Waals surface area (Å²) in [5.41, 5.74) is 2.62. The topological polar surface area (TPSA) is 330 Å². The zero-order chi connectivity index (χ0) is 59.2. The molecule has 5 aromatic heterocycles. The maximum atomic E-state index is 12.6. The van der Waals surface area contributed by atoms with Gasteiger partial charge in [0.05, 0.1) is 26.3 Å². The minimum atomic E-state index is -0.432. The van der Waals surface area contributed by atoms with Gasteiger partial charge in [-0.05, 0) is 50.3 Å². The van der Waals surface area contributed by atoms with E-state index in [0.717, 1.165) is 82.1 Å². The van der Waals surface area contributed by atoms with Crippen LogP contribution in [-0.4, -0.2) is 151 Å². The van der Waals surface area contributed by atoms with E-state index in [9.17, 15) is 43.2 Å². The summed E-state index contributed by atoms with van der Waals surface area (Å²) in [7, 11) is 14.3. The molecule has 2 aliphatic rings. The van der Waals surface area contributed by atoms with Gasteiger partial charge in [-0.2, -0.15) is 0 Å². The quantitative estimate of drug-likeness (QED) is 0.0326. The van der Waals surface area contributed by atoms with Crippen molar-refractivity contribution < 1.29 is 65.1 Å². The number of carbonyl (C=O) groups is 9. The molecule has 7 rings (SSSR count). The molecule has 2 fully saturated rings. The van der Waals surface area contributed by atoms with Gasteiger partial charge in [0, 0.05) is 160 Å². The smallest absolute Gasteiger partial charge is 0.287 e. The number of hydrogen-bond acceptors (Lipinski definition) is 12. The van der Waals surface area contributed by atoms with Gasteiger partial charge < -0.3 is 75.6 Å². The molecule has 0 saturated heterocycles. The molecule has 0 spiro atoms. The summed E-state index contributed by atoms with van der Waals surface area (Å²) in [6.07, 6.45) is 19.0. The fourth-order valence-electron chi connectivity index (χ4n) is 9.10. The van der Waals surface area contributed by atoms with Gasteiger partial charge in [-0.25, -0.2) is 15.0 Å². The van der Waals surface area contributed by atoms with E-state index in [2.05, 4.69) is 76.9 Å². The number of hydrogen-bond donors (Lipinski definition) is 10. The number of aryl methyl sites for hydroxylation is 6. The number of anilines is 3. The Morgan fingerprint density at radius 2 is 1.02 bits per heavy atom. The Labute approximate surface area is 495 Å². The molecule has 0 aromatic carbocycles. The number of carbonyl (C=O) groups excluding carboxylic acids is 9. The van der Waals surface area contributed by atoms with Crippen molar-refractivity contribution in [2.45, 2.75) is 85.0 Å². The van der Waals surface area contributed by atoms with Crippen molar-refractivity contribution in [3.05, 3.63) is 83.7 Å². The average molecular weight is 1200 g/mol. The van der Waals surface area contributed by atoms with Crippen LogP contribution in [0.25, 0.3) is 0 Å². The predicted molar refractivity (Wildman–Crippen MR) is 309 cm³/mol. The van der Waals surface area contributed by atoms with Crippen LogP contribution in [0.5, 0.6) is 0 Å². The second-order valence-electron chi connectivity index (χ2n) is 20.5. The summed E-state index contributed by atoms with van der Waals surface area (Å²) >= 11 is 0. The minimum absolute atomic E-state index is 0. The molecule has 2 aliphatic carbocycles. The Hall–Kier alpha value is -8.10. The van der Waals surface area contributed by atoms with Gasteiger partial charge in [-0.15, -0.1) is 0 Å². The summed E-state index contributed by atoms with van der Waals surface area (Å²) in [6.45, 7) is 4.84. The zero-order valence-corrected chi connectivity index (χ0v) is 49.5. The van der Waals surface area contributed by atoms with Crippen LogP contribution in [0.3, 0.4) is 0 Å². The first kappa shape index (κ1) is 69.2. The van der Waals surface area contributed by atoms with Gasteiger partial charge >= 0.3 is 0 Å². The Bertz CT molecular complexity index is 2980. The number of quaternary nitrogens is 1. The van der Waals surface area contributed by atoms with Crippen LogP contribution in [-0.2, 0) is 71.5 Å². The Morgan fingerprint density at radius 1 is 0.542 bits per heavy atom. The molecule has 0 bridgehead atoms. The normalized spacial score (nSPS) is 12.7. The van der Waals surface area contributed by atoms with E-state index in [1.165, 1.54) is 39.7 Å². The van der Waals surface area contributed by atoms with Gasteiger partial charge in [-0.3, -0.25) is 43.2 Å². The fraction of sp³-hybridized carbons (Fsp3) is 0.527. The molecule has 5 aromatic rings. The van der Waals surface area contributed by atoms with E-state index in [4.69, 9.17) is 0 Å². The number of nitrogens with zero attached hydrogens (tertiary/aromatic N) is 8. The molecule has 5 heterocycles. The Balaban J connectivity index is 0.000000341. The molecule has 10 N–H and O–H groups in total. The summed E-state index contributed by atoms with van der Waals surface area (Å²) in [5.74, 6) is -0.914. The molecular formula is C55H85FeN18O9+. The number of imidazole rings is 3. The van der Waals surface area contributed by atoms with Crippen LogP contribution in [0.15, 0.2) is 49.3 Å². The summed E-state index contributed by atoms with van der Waals surface area (Å²) < 4.78 is 8.04. The van der Waals surface area contributed by atoms with E-state index < -0.39 is 11.8 Å². The van der Waals surface area contributed by atoms with Crippen LogP contribution >= 0.6 is 0 Å². The molecule has 0 aliphatic heterocycles. The molecule has 9 amide bonds. The first-order valence-corrected chi connectivity index (χ1v) is 27.3. The van der Waals surface area contributed by atoms with Crippen LogP contribution < -0.4 is 52.8 Å². The van der Waals surface area contributed by atoms with Gasteiger partial charge in [0.2, 0.25) is 35.3 Å². The van der Waals surface area contributed by atoms with E-state index >= 15 is 0 Å². The number of rotatable bonds is 23. The van der Waals surface area contributed by atoms with E-state index in [0.29, 0.717) is 17.9 Å². The molecule has 0 unspecified atom stereocenters. The predicted octanol–water partition coefficient (Wildman–Crippen LogP) is 1.19. The molecule has 83 heavy (non-hydrogen) atoms. The SMILES string of the molecule is C.CNC(=O)c1nc(NC(=O)c2cc(NC(=O)CCNC(=O)C3CCCC3)cn2C)cn1C.Cc1cc(C(=O)NCCC[NH+](C)C)n(C)c1.Cn1ccnc1C(=O)NCCC(=O)Nc1cn(C)c(C(=O)NCCNC(=O)C2CCCC2)n1.[Fe]. The third kappa shape index (κ3) is 22.0. The summed E-state index contributed by atoms with van der Waals surface area (Å²) in [5, 5.41) is 24.4. The monoisotopic (exact) mass is 1200 g/mol. The van der Waals surface area contributed by atoms with E-state index in [1.807, 2.05) is 30.8 Å². The van der Waals surface area contributed by atoms with Crippen molar-refractivity contribution >= 4 is 70.5 Å². The van der Waals surface area contributed by atoms with E-state index in [-0.39, 0.29) is 139 Å². The molecule has 456 valence electrons. The van der Waals surface area contributed by atoms with Crippen molar-refractivity contribution in [3.63, 3.8) is 0 Å². The second kappa shape index (κ2) is 34.4. The minimum Gasteiger partial charge on any atom is -0.355 e. The molecule has 0 atom stereocenters. The van der Waals surface area contributed by atoms with Gasteiger partial charge in [0.25, 0.3) is 29.5 Å². The third-order valence-corrected chi connectivity index (χ3v) is 13.4. The molecule has 28 heteroatoms. The molecule has 0 radical (unpaired) electrons. The molecular weight excluding hydrogens is 1110 g/mol. The van der Waals surface area contributed by atoms with Crippen molar-refractivity contribution in [1.29, 1.82) is 0 Å². The van der Waals surface area contributed by atoms with Crippen LogP contribution in [0, 0.1) is 18.8 Å². The fourth-order valence-corrected chi connectivity index (χ4v) is 9.10. The summed E-state index contributed by atoms with van der Waals surface area (Å²) in [4.78, 5) is 123. The second-order valence-corrected chi connectivity index (χ2v) is 20.5. The zero-order valence-electron chi connectivity index (χ0n) is 48.4. The van der Waals surface area contributed by atoms with Crippen LogP contribution in [0.2, 0.25) is 0 Å². The molecule has 2 saturated carbocycles. The van der Waals surface area contributed by atoms with E-state index in [1.54, 1.807) is 55.8 Å². The first-order valence-electron chi connectivity index (χ1n) is 27.3. The van der Waals surface area contributed by atoms with Gasteiger partial charge in [-0.1, -0.05) is 33.1 Å². The van der Waals surface area contributed by atoms with Crippen LogP contribution in [0.4, 0.5) is 17.3 Å². The van der Waals surface area contributed by atoms with Crippen LogP contribution in [0.1, 0.15) is 136 Å². The van der Waals surface area contributed by atoms with Crippen molar-refractivity contribution in [2.75, 3.05) is 76.4 Å². The summed E-state index contributed by atoms with van der Waals surface area (Å²) in [6, 6.07) is 3.46. The Kier molecular flexibility index (Phi) is 28.6. The van der Waals surface area contributed by atoms with Crippen molar-refractivity contribution in [1.82, 2.24) is 69.7 Å². The number of aromatic nitrogens is 8. The Morgan fingerprint density at radius 3 is 1.57 bits per heavy atom. The maximum absolute atomic E-state index is 12.6. The van der Waals surface area contributed by atoms with Gasteiger partial charge in [0.15, 0.2) is 17.5 Å². The number of amides is 9. The van der Waals surface area contributed by atoms with Crippen molar-refractivity contribution in [3.8, 4) is 0 Å². The maximum Gasteiger partial charge on any atom is 0.287 e. The van der Waals surface area contributed by atoms with Gasteiger partial charge in [0.1, 0.15) is 11.4 Å². The average Bonchev–Trinajstić information content (AvgIpc) is 4.34. The largest absolute Gasteiger partial charge is 0.355 e. The van der Waals surface area contributed by atoms with Crippen molar-refractivity contribution in [2.24, 2.45) is 47.1 Å². The first-order chi connectivity index (χ1) is 38.6. The standard InChI is InChI=1S/C21H30N8O4.C21H29N7O4.C12H21N3O.CH4.Fe/c1-28-12-11-22-17(28)20(32)23-8-7-16(30)26-15-13-29(2)18(27-15)21(33)25-10-9-24-19(31)14-5-3-4-6-14;1-22-21(32)18-25-16(12-28(18)3)26-20(31)15-10-14(11-27(15)2)24-17(29)8-9-23-19(30)13-6-4-5-7-13;1-10-8-11(15(4)9-10)12(16)13-6-5-7-14(2)3;;/h11-14H,3-10H2,1-2H3,(H,23,32)(H,24,31)(H,25,33)(H,26,30);10-13H,4-9H2,1-3H3,(H,22,32)(H,23,30)(H,24,29)(H,26,31);8-9H,5-7H2,1-4H3,(H,13,16);1H4;/p+1. The molecule has 27 nitrogen and oxygen atoms in total. The third-order valence-electron chi connectivity index (χ3n) is 13.4.